The number of carbonyl (C=O) groups excluding carboxylic acids is 2. The number of hydrogen-bond acceptors (Lipinski definition) is 6. The highest BCUT2D eigenvalue weighted by Gasteiger charge is 2.28. The van der Waals surface area contributed by atoms with E-state index in [1.807, 2.05) is 42.7 Å². The molecule has 252 valence electrons. The van der Waals surface area contributed by atoms with Crippen molar-refractivity contribution in [2.75, 3.05) is 0 Å². The molecule has 0 spiro atoms. The van der Waals surface area contributed by atoms with Gasteiger partial charge in [0.1, 0.15) is 12.1 Å². The number of carboxylic acids is 1. The van der Waals surface area contributed by atoms with Gasteiger partial charge in [0.2, 0.25) is 5.91 Å². The number of rotatable bonds is 10. The van der Waals surface area contributed by atoms with Crippen molar-refractivity contribution >= 4 is 29.1 Å². The lowest BCUT2D eigenvalue weighted by molar-refractivity contribution is -0.141. The van der Waals surface area contributed by atoms with E-state index in [1.54, 1.807) is 6.07 Å². The van der Waals surface area contributed by atoms with Crippen LogP contribution in [-0.4, -0.2) is 44.9 Å². The van der Waals surface area contributed by atoms with E-state index in [1.165, 1.54) is 49.5 Å². The van der Waals surface area contributed by atoms with Gasteiger partial charge >= 0.3 is 5.97 Å². The smallest absolute Gasteiger partial charge is 0.325 e. The van der Waals surface area contributed by atoms with E-state index in [2.05, 4.69) is 79.5 Å². The van der Waals surface area contributed by atoms with Crippen LogP contribution in [0.3, 0.4) is 0 Å². The summed E-state index contributed by atoms with van der Waals surface area (Å²) in [5.74, 6) is -0.888. The first-order valence-corrected chi connectivity index (χ1v) is 17.5. The number of aromatic nitrogens is 2. The number of aliphatic carboxylic acids is 1. The van der Waals surface area contributed by atoms with E-state index in [-0.39, 0.29) is 17.7 Å². The van der Waals surface area contributed by atoms with Gasteiger partial charge in [-0.05, 0) is 78.2 Å². The third-order valence-electron chi connectivity index (χ3n) is 9.28. The molecule has 9 heteroatoms. The summed E-state index contributed by atoms with van der Waals surface area (Å²) in [5, 5.41) is 14.6. The molecule has 2 aromatic carbocycles. The highest BCUT2D eigenvalue weighted by Crippen LogP contribution is 2.42. The van der Waals surface area contributed by atoms with Crippen LogP contribution in [0, 0.1) is 5.41 Å². The zero-order valence-electron chi connectivity index (χ0n) is 28.7. The summed E-state index contributed by atoms with van der Waals surface area (Å²) in [6, 6.07) is 17.9. The van der Waals surface area contributed by atoms with Gasteiger partial charge < -0.3 is 15.7 Å². The Morgan fingerprint density at radius 1 is 0.875 bits per heavy atom. The van der Waals surface area contributed by atoms with Gasteiger partial charge in [0.25, 0.3) is 5.91 Å². The maximum Gasteiger partial charge on any atom is 0.325 e. The molecule has 2 atom stereocenters. The number of benzene rings is 2. The minimum absolute atomic E-state index is 0.111. The van der Waals surface area contributed by atoms with E-state index in [4.69, 9.17) is 0 Å². The number of amides is 2. The van der Waals surface area contributed by atoms with E-state index >= 15 is 0 Å². The molecule has 0 unspecified atom stereocenters. The molecule has 2 heterocycles. The zero-order valence-corrected chi connectivity index (χ0v) is 29.5. The lowest BCUT2D eigenvalue weighted by Gasteiger charge is -2.34. The van der Waals surface area contributed by atoms with E-state index in [0.29, 0.717) is 22.0 Å². The molecule has 1 fully saturated rings. The Morgan fingerprint density at radius 3 is 2.04 bits per heavy atom. The molecule has 8 nitrogen and oxygen atoms in total. The fraction of sp³-hybridized carbons (Fsp3) is 0.410. The summed E-state index contributed by atoms with van der Waals surface area (Å²) in [4.78, 5) is 48.5. The molecule has 0 radical (unpaired) electrons. The molecule has 2 aromatic heterocycles. The SMILES string of the molecule is C[C@@H](NC(=O)[C@H](Cc1ccc(-c2ncc(-c3ccc(C4CCC(C)(C)CC4)cc3)cn2)cc1)NC(=O)c1ccc(C(C)(C)C)s1)C(=O)O. The third kappa shape index (κ3) is 8.75. The second-order valence-electron chi connectivity index (χ2n) is 14.8. The minimum atomic E-state index is -1.16. The van der Waals surface area contributed by atoms with Gasteiger partial charge in [-0.25, -0.2) is 9.97 Å². The van der Waals surface area contributed by atoms with Gasteiger partial charge in [-0.3, -0.25) is 14.4 Å². The monoisotopic (exact) mass is 666 g/mol. The molecule has 4 aromatic rings. The number of nitrogens with zero attached hydrogens (tertiary/aromatic N) is 2. The van der Waals surface area contributed by atoms with Gasteiger partial charge in [0.05, 0.1) is 4.88 Å². The fourth-order valence-electron chi connectivity index (χ4n) is 6.01. The van der Waals surface area contributed by atoms with Crippen LogP contribution in [-0.2, 0) is 21.4 Å². The van der Waals surface area contributed by atoms with Gasteiger partial charge in [-0.1, -0.05) is 83.1 Å². The molecule has 1 aliphatic rings. The van der Waals surface area contributed by atoms with Crippen LogP contribution in [0.5, 0.6) is 0 Å². The van der Waals surface area contributed by atoms with Crippen LogP contribution in [0.25, 0.3) is 22.5 Å². The van der Waals surface area contributed by atoms with Crippen molar-refractivity contribution in [3.63, 3.8) is 0 Å². The lowest BCUT2D eigenvalue weighted by atomic mass is 9.71. The summed E-state index contributed by atoms with van der Waals surface area (Å²) in [6.45, 7) is 12.3. The molecule has 1 saturated carbocycles. The third-order valence-corrected chi connectivity index (χ3v) is 10.8. The Hall–Kier alpha value is -4.37. The summed E-state index contributed by atoms with van der Waals surface area (Å²) >= 11 is 1.38. The number of thiophene rings is 1. The highest BCUT2D eigenvalue weighted by molar-refractivity contribution is 7.14. The zero-order chi connectivity index (χ0) is 34.6. The van der Waals surface area contributed by atoms with Gasteiger partial charge in [-0.2, -0.15) is 0 Å². The van der Waals surface area contributed by atoms with Crippen molar-refractivity contribution < 1.29 is 19.5 Å². The highest BCUT2D eigenvalue weighted by atomic mass is 32.1. The molecular weight excluding hydrogens is 621 g/mol. The van der Waals surface area contributed by atoms with Crippen molar-refractivity contribution in [3.05, 3.63) is 93.9 Å². The maximum atomic E-state index is 13.2. The minimum Gasteiger partial charge on any atom is -0.480 e. The van der Waals surface area contributed by atoms with E-state index in [9.17, 15) is 19.5 Å². The quantitative estimate of drug-likeness (QED) is 0.159. The van der Waals surface area contributed by atoms with E-state index < -0.39 is 24.0 Å². The molecule has 5 rings (SSSR count). The van der Waals surface area contributed by atoms with Crippen molar-refractivity contribution in [1.29, 1.82) is 0 Å². The predicted molar refractivity (Wildman–Crippen MR) is 191 cm³/mol. The molecule has 2 amide bonds. The first-order valence-electron chi connectivity index (χ1n) is 16.6. The predicted octanol–water partition coefficient (Wildman–Crippen LogP) is 7.78. The van der Waals surface area contributed by atoms with Crippen molar-refractivity contribution in [3.8, 4) is 22.5 Å². The first kappa shape index (κ1) is 35.0. The van der Waals surface area contributed by atoms with Gasteiger partial charge in [0, 0.05) is 34.8 Å². The number of nitrogens with one attached hydrogen (secondary N) is 2. The maximum absolute atomic E-state index is 13.2. The van der Waals surface area contributed by atoms with Crippen molar-refractivity contribution in [2.24, 2.45) is 5.41 Å². The standard InChI is InChI=1S/C39H46N4O4S/c1-24(37(46)47)42-35(44)31(43-36(45)32-15-16-33(48-32)38(2,3)4)21-25-7-9-29(10-8-25)34-40-22-30(23-41-34)27-13-11-26(12-14-27)28-17-19-39(5,6)20-18-28/h7-16,22-24,28,31H,17-21H2,1-6H3,(H,42,44)(H,43,45)(H,46,47)/t24-,31+/m1/s1. The Bertz CT molecular complexity index is 1730. The number of carbonyl (C=O) groups is 3. The molecule has 0 bridgehead atoms. The van der Waals surface area contributed by atoms with Crippen LogP contribution < -0.4 is 10.6 Å². The molecule has 3 N–H and O–H groups in total. The normalized spacial score (nSPS) is 16.1. The molecule has 48 heavy (non-hydrogen) atoms. The summed E-state index contributed by atoms with van der Waals surface area (Å²) < 4.78 is 0. The average molecular weight is 667 g/mol. The topological polar surface area (TPSA) is 121 Å². The molecule has 0 aliphatic heterocycles. The average Bonchev–Trinajstić information content (AvgIpc) is 3.57. The second kappa shape index (κ2) is 14.4. The summed E-state index contributed by atoms with van der Waals surface area (Å²) in [7, 11) is 0. The summed E-state index contributed by atoms with van der Waals surface area (Å²) in [6.07, 6.45) is 8.86. The van der Waals surface area contributed by atoms with Crippen LogP contribution >= 0.6 is 11.3 Å². The van der Waals surface area contributed by atoms with Gasteiger partial charge in [-0.15, -0.1) is 11.3 Å². The molecular formula is C39H46N4O4S. The largest absolute Gasteiger partial charge is 0.480 e. The molecule has 1 aliphatic carbocycles. The van der Waals surface area contributed by atoms with Crippen molar-refractivity contribution in [2.45, 2.75) is 97.1 Å². The van der Waals surface area contributed by atoms with Crippen LogP contribution in [0.15, 0.2) is 73.1 Å². The Labute approximate surface area is 287 Å². The van der Waals surface area contributed by atoms with Gasteiger partial charge in [0.15, 0.2) is 5.82 Å². The number of carboxylic acid groups (broad SMARTS) is 1. The number of hydrogen-bond donors (Lipinski definition) is 3. The molecule has 0 saturated heterocycles. The summed E-state index contributed by atoms with van der Waals surface area (Å²) in [5.41, 5.74) is 5.39. The first-order chi connectivity index (χ1) is 22.7. The Kier molecular flexibility index (Phi) is 10.5. The second-order valence-corrected chi connectivity index (χ2v) is 15.8. The van der Waals surface area contributed by atoms with Crippen molar-refractivity contribution in [1.82, 2.24) is 20.6 Å². The van der Waals surface area contributed by atoms with Crippen LogP contribution in [0.2, 0.25) is 0 Å². The van der Waals surface area contributed by atoms with Crippen LogP contribution in [0.1, 0.15) is 98.8 Å². The fourth-order valence-corrected chi connectivity index (χ4v) is 6.98. The van der Waals surface area contributed by atoms with Crippen LogP contribution in [0.4, 0.5) is 0 Å². The lowest BCUT2D eigenvalue weighted by Crippen LogP contribution is -2.51. The Morgan fingerprint density at radius 2 is 1.48 bits per heavy atom. The Balaban J connectivity index is 1.25. The van der Waals surface area contributed by atoms with E-state index in [0.717, 1.165) is 27.1 Å².